The van der Waals surface area contributed by atoms with E-state index in [0.717, 1.165) is 56.1 Å². The summed E-state index contributed by atoms with van der Waals surface area (Å²) in [4.78, 5) is 9.87. The second-order valence-electron chi connectivity index (χ2n) is 21.7. The van der Waals surface area contributed by atoms with E-state index >= 15 is 0 Å². The molecule has 1 radical (unpaired) electrons. The van der Waals surface area contributed by atoms with Crippen LogP contribution in [0.25, 0.3) is 54.7 Å². The first kappa shape index (κ1) is 44.8. The Labute approximate surface area is 367 Å². The molecule has 2 aliphatic rings. The number of hydrogen-bond acceptors (Lipinski definition) is 4. The summed E-state index contributed by atoms with van der Waals surface area (Å²) in [5.41, 5.74) is 9.17. The van der Waals surface area contributed by atoms with Gasteiger partial charge in [-0.1, -0.05) is 151 Å². The number of hydrogen-bond donors (Lipinski definition) is 1. The van der Waals surface area contributed by atoms with E-state index in [0.29, 0.717) is 11.8 Å². The van der Waals surface area contributed by atoms with E-state index in [2.05, 4.69) is 136 Å². The third-order valence-electron chi connectivity index (χ3n) is 12.9. The van der Waals surface area contributed by atoms with Gasteiger partial charge < -0.3 is 9.52 Å². The van der Waals surface area contributed by atoms with Crippen molar-refractivity contribution in [2.24, 2.45) is 15.8 Å². The van der Waals surface area contributed by atoms with Crippen LogP contribution in [0.5, 0.6) is 0 Å². The molecule has 0 spiro atoms. The molecule has 59 heavy (non-hydrogen) atoms. The summed E-state index contributed by atoms with van der Waals surface area (Å²) in [5.74, 6) is 0.428. The van der Waals surface area contributed by atoms with Crippen LogP contribution in [0.4, 0.5) is 0 Å². The van der Waals surface area contributed by atoms with Crippen molar-refractivity contribution in [2.45, 2.75) is 157 Å². The zero-order valence-electron chi connectivity index (χ0n) is 38.0. The molecule has 315 valence electrons. The number of nitrogens with zero attached hydrogens (tertiary/aromatic N) is 2. The van der Waals surface area contributed by atoms with Crippen LogP contribution < -0.4 is 0 Å². The number of aliphatic imine (C=N–C) groups is 1. The van der Waals surface area contributed by atoms with Crippen LogP contribution in [0.3, 0.4) is 0 Å². The molecule has 5 heteroatoms. The SMILES string of the molecule is CC(C)(C)C(/C=C(\O)C(C)(C)C)=NC1CCCCC1.CC(C)(C)c1cc(-c2nccc3cc4oc5c6c(ccc5c4cc23)C(C)(C)CCC6(C)C)[c-]c2ccccc12.[Ir]. The summed E-state index contributed by atoms with van der Waals surface area (Å²) < 4.78 is 6.73. The number of pyridine rings is 1. The summed E-state index contributed by atoms with van der Waals surface area (Å²) in [6.07, 6.45) is 12.5. The summed E-state index contributed by atoms with van der Waals surface area (Å²) in [7, 11) is 0. The minimum atomic E-state index is -0.210. The van der Waals surface area contributed by atoms with Crippen LogP contribution in [0.2, 0.25) is 0 Å². The Balaban J connectivity index is 0.000000249. The maximum Gasteiger partial charge on any atom is 0.139 e. The van der Waals surface area contributed by atoms with Crippen LogP contribution in [0, 0.1) is 16.9 Å². The van der Waals surface area contributed by atoms with Crippen LogP contribution >= 0.6 is 0 Å². The molecule has 2 heterocycles. The standard InChI is InChI=1S/C37H36NO.C17H31NO.Ir/c1-35(2,3)30-19-24(18-22-10-8-9-11-25(22)30)33-27-21-28-26-12-13-29-32(37(6,7)16-15-36(29,4)5)34(26)39-31(28)20-23(27)14-17-38-33;1-16(2,3)14(12-15(19)17(4,5)6)18-13-10-8-7-9-11-13;/h8-14,17,19-21H,15-16H2,1-7H3;12-13,19H,7-11H2,1-6H3;/q-1;;/b;15-12-,18-14?;. The number of aliphatic hydroxyl groups excluding tert-OH is 1. The Morgan fingerprint density at radius 2 is 1.46 bits per heavy atom. The zero-order valence-corrected chi connectivity index (χ0v) is 40.4. The van der Waals surface area contributed by atoms with Crippen molar-refractivity contribution in [3.8, 4) is 11.3 Å². The Morgan fingerprint density at radius 1 is 0.780 bits per heavy atom. The molecule has 1 fully saturated rings. The van der Waals surface area contributed by atoms with Crippen LogP contribution in [0.1, 0.15) is 152 Å². The third kappa shape index (κ3) is 9.13. The van der Waals surface area contributed by atoms with Gasteiger partial charge in [-0.3, -0.25) is 9.98 Å². The minimum absolute atomic E-state index is 0. The summed E-state index contributed by atoms with van der Waals surface area (Å²) in [5, 5.41) is 17.2. The van der Waals surface area contributed by atoms with Gasteiger partial charge in [0.2, 0.25) is 0 Å². The van der Waals surface area contributed by atoms with Gasteiger partial charge in [-0.25, -0.2) is 0 Å². The van der Waals surface area contributed by atoms with Crippen molar-refractivity contribution >= 4 is 49.2 Å². The molecule has 2 aliphatic carbocycles. The summed E-state index contributed by atoms with van der Waals surface area (Å²) in [6.45, 7) is 28.9. The van der Waals surface area contributed by atoms with Gasteiger partial charge in [0.25, 0.3) is 0 Å². The van der Waals surface area contributed by atoms with Crippen molar-refractivity contribution in [3.63, 3.8) is 0 Å². The monoisotopic (exact) mass is 968 g/mol. The fraction of sp³-hybridized carbons (Fsp3) is 0.481. The third-order valence-corrected chi connectivity index (χ3v) is 12.9. The predicted octanol–water partition coefficient (Wildman–Crippen LogP) is 15.7. The Bertz CT molecular complexity index is 2560. The molecule has 4 aromatic carbocycles. The first-order valence-corrected chi connectivity index (χ1v) is 21.8. The van der Waals surface area contributed by atoms with Crippen molar-refractivity contribution in [2.75, 3.05) is 0 Å². The van der Waals surface area contributed by atoms with E-state index in [-0.39, 0.29) is 47.2 Å². The topological polar surface area (TPSA) is 58.6 Å². The van der Waals surface area contributed by atoms with Crippen molar-refractivity contribution in [3.05, 3.63) is 101 Å². The Hall–Kier alpha value is -3.79. The van der Waals surface area contributed by atoms with Crippen molar-refractivity contribution in [1.29, 1.82) is 0 Å². The van der Waals surface area contributed by atoms with Gasteiger partial charge in [-0.15, -0.1) is 29.1 Å². The molecule has 1 N–H and O–H groups in total. The number of aliphatic hydroxyl groups is 1. The first-order chi connectivity index (χ1) is 27.0. The van der Waals surface area contributed by atoms with E-state index in [1.54, 1.807) is 0 Å². The second kappa shape index (κ2) is 16.2. The Morgan fingerprint density at radius 3 is 2.12 bits per heavy atom. The van der Waals surface area contributed by atoms with Crippen molar-refractivity contribution < 1.29 is 29.6 Å². The van der Waals surface area contributed by atoms with E-state index in [9.17, 15) is 5.11 Å². The molecule has 0 unspecified atom stereocenters. The smallest absolute Gasteiger partial charge is 0.139 e. The maximum atomic E-state index is 10.2. The maximum absolute atomic E-state index is 10.2. The van der Waals surface area contributed by atoms with Gasteiger partial charge >= 0.3 is 0 Å². The average molecular weight is 968 g/mol. The number of allylic oxidation sites excluding steroid dienone is 2. The van der Waals surface area contributed by atoms with E-state index in [1.807, 2.05) is 33.0 Å². The van der Waals surface area contributed by atoms with Gasteiger partial charge in [0, 0.05) is 64.9 Å². The summed E-state index contributed by atoms with van der Waals surface area (Å²) in [6, 6.07) is 26.3. The van der Waals surface area contributed by atoms with E-state index in [4.69, 9.17) is 14.4 Å². The summed E-state index contributed by atoms with van der Waals surface area (Å²) >= 11 is 0. The Kier molecular flexibility index (Phi) is 12.3. The van der Waals surface area contributed by atoms with Gasteiger partial charge in [-0.2, -0.15) is 0 Å². The molecule has 0 amide bonds. The molecule has 0 atom stereocenters. The largest absolute Gasteiger partial charge is 0.512 e. The molecular weight excluding hydrogens is 901 g/mol. The molecule has 8 rings (SSSR count). The number of fused-ring (bicyclic) bond motifs is 7. The van der Waals surface area contributed by atoms with Gasteiger partial charge in [0.05, 0.1) is 11.8 Å². The van der Waals surface area contributed by atoms with Crippen molar-refractivity contribution in [1.82, 2.24) is 4.98 Å². The molecule has 0 bridgehead atoms. The molecule has 6 aromatic rings. The molecular formula is C54H67IrN2O2-. The number of aromatic nitrogens is 1. The normalized spacial score (nSPS) is 17.8. The average Bonchev–Trinajstić information content (AvgIpc) is 3.51. The van der Waals surface area contributed by atoms with Crippen LogP contribution in [-0.2, 0) is 36.4 Å². The molecule has 0 saturated heterocycles. The minimum Gasteiger partial charge on any atom is -0.512 e. The van der Waals surface area contributed by atoms with E-state index in [1.165, 1.54) is 66.0 Å². The van der Waals surface area contributed by atoms with Gasteiger partial charge in [-0.05, 0) is 82.5 Å². The number of rotatable bonds is 3. The van der Waals surface area contributed by atoms with Crippen LogP contribution in [-0.4, -0.2) is 21.8 Å². The van der Waals surface area contributed by atoms with Crippen LogP contribution in [0.15, 0.2) is 88.1 Å². The molecule has 2 aromatic heterocycles. The molecule has 0 aliphatic heterocycles. The number of furan rings is 1. The zero-order chi connectivity index (χ0) is 42.0. The van der Waals surface area contributed by atoms with Gasteiger partial charge in [0.15, 0.2) is 0 Å². The second-order valence-corrected chi connectivity index (χ2v) is 21.7. The number of benzene rings is 4. The quantitative estimate of drug-likeness (QED) is 0.109. The van der Waals surface area contributed by atoms with E-state index < -0.39 is 0 Å². The first-order valence-electron chi connectivity index (χ1n) is 21.8. The predicted molar refractivity (Wildman–Crippen MR) is 249 cm³/mol. The fourth-order valence-corrected chi connectivity index (χ4v) is 9.02. The van der Waals surface area contributed by atoms with Gasteiger partial charge in [0.1, 0.15) is 11.2 Å². The molecule has 1 saturated carbocycles. The molecule has 4 nitrogen and oxygen atoms in total. The fourth-order valence-electron chi connectivity index (χ4n) is 9.02.